The molecule has 1 N–H and O–H groups in total. The summed E-state index contributed by atoms with van der Waals surface area (Å²) in [6.45, 7) is 3.20. The molecule has 2 rings (SSSR count). The number of hydrogen-bond acceptors (Lipinski definition) is 4. The van der Waals surface area contributed by atoms with Gasteiger partial charge in [-0.25, -0.2) is 13.1 Å². The van der Waals surface area contributed by atoms with E-state index in [4.69, 9.17) is 5.26 Å². The van der Waals surface area contributed by atoms with Crippen LogP contribution in [0.1, 0.15) is 25.3 Å². The Kier molecular flexibility index (Phi) is 5.16. The van der Waals surface area contributed by atoms with Crippen LogP contribution in [0.2, 0.25) is 0 Å². The van der Waals surface area contributed by atoms with Gasteiger partial charge in [0.05, 0.1) is 10.5 Å². The lowest BCUT2D eigenvalue weighted by atomic mass is 9.97. The zero-order valence-electron chi connectivity index (χ0n) is 12.4. The minimum absolute atomic E-state index is 0.0127. The standard InChI is InChI=1S/C15H19N3O3S/c1-12(19)18-8-6-13(7-9-18)11-17-22(20,21)15-5-3-2-4-14(15)10-16/h2-5,13,17H,6-9,11H2,1H3. The van der Waals surface area contributed by atoms with E-state index in [1.165, 1.54) is 12.1 Å². The number of nitriles is 1. The van der Waals surface area contributed by atoms with Crippen LogP contribution in [0.4, 0.5) is 0 Å². The molecule has 1 saturated heterocycles. The second kappa shape index (κ2) is 6.90. The van der Waals surface area contributed by atoms with Crippen molar-refractivity contribution in [2.24, 2.45) is 5.92 Å². The molecule has 1 aliphatic heterocycles. The van der Waals surface area contributed by atoms with E-state index in [0.717, 1.165) is 12.8 Å². The van der Waals surface area contributed by atoms with Crippen molar-refractivity contribution in [1.82, 2.24) is 9.62 Å². The molecule has 1 aromatic carbocycles. The van der Waals surface area contributed by atoms with Gasteiger partial charge in [-0.1, -0.05) is 12.1 Å². The zero-order chi connectivity index (χ0) is 16.2. The first-order chi connectivity index (χ1) is 10.4. The first kappa shape index (κ1) is 16.5. The van der Waals surface area contributed by atoms with Crippen LogP contribution in [0.15, 0.2) is 29.2 Å². The first-order valence-electron chi connectivity index (χ1n) is 7.18. The maximum Gasteiger partial charge on any atom is 0.241 e. The lowest BCUT2D eigenvalue weighted by molar-refractivity contribution is -0.130. The summed E-state index contributed by atoms with van der Waals surface area (Å²) in [5.41, 5.74) is 0.140. The van der Waals surface area contributed by atoms with E-state index in [9.17, 15) is 13.2 Å². The Morgan fingerprint density at radius 3 is 2.59 bits per heavy atom. The maximum atomic E-state index is 12.3. The van der Waals surface area contributed by atoms with Crippen molar-refractivity contribution in [2.75, 3.05) is 19.6 Å². The number of amides is 1. The third kappa shape index (κ3) is 3.84. The Morgan fingerprint density at radius 2 is 2.00 bits per heavy atom. The molecule has 0 aromatic heterocycles. The van der Waals surface area contributed by atoms with Gasteiger partial charge in [0, 0.05) is 26.6 Å². The van der Waals surface area contributed by atoms with Crippen LogP contribution in [0.5, 0.6) is 0 Å². The molecule has 0 unspecified atom stereocenters. The van der Waals surface area contributed by atoms with E-state index >= 15 is 0 Å². The second-order valence-electron chi connectivity index (χ2n) is 5.41. The number of carbonyl (C=O) groups excluding carboxylic acids is 1. The number of piperidine rings is 1. The Labute approximate surface area is 130 Å². The highest BCUT2D eigenvalue weighted by Crippen LogP contribution is 2.18. The van der Waals surface area contributed by atoms with E-state index in [-0.39, 0.29) is 22.3 Å². The summed E-state index contributed by atoms with van der Waals surface area (Å²) in [6, 6.07) is 8.04. The highest BCUT2D eigenvalue weighted by Gasteiger charge is 2.24. The van der Waals surface area contributed by atoms with Crippen LogP contribution in [0.25, 0.3) is 0 Å². The van der Waals surface area contributed by atoms with Crippen LogP contribution in [0, 0.1) is 17.2 Å². The normalized spacial score (nSPS) is 16.3. The number of hydrogen-bond donors (Lipinski definition) is 1. The fourth-order valence-corrected chi connectivity index (χ4v) is 3.82. The lowest BCUT2D eigenvalue weighted by Crippen LogP contribution is -2.40. The number of carbonyl (C=O) groups is 1. The molecule has 0 saturated carbocycles. The molecule has 0 spiro atoms. The quantitative estimate of drug-likeness (QED) is 0.899. The van der Waals surface area contributed by atoms with Gasteiger partial charge >= 0.3 is 0 Å². The topological polar surface area (TPSA) is 90.3 Å². The number of nitrogens with zero attached hydrogens (tertiary/aromatic N) is 2. The Bertz CT molecular complexity index is 686. The van der Waals surface area contributed by atoms with Crippen molar-refractivity contribution in [3.05, 3.63) is 29.8 Å². The van der Waals surface area contributed by atoms with Gasteiger partial charge in [-0.2, -0.15) is 5.26 Å². The summed E-state index contributed by atoms with van der Waals surface area (Å²) in [6.07, 6.45) is 1.56. The number of rotatable bonds is 4. The van der Waals surface area contributed by atoms with Gasteiger partial charge < -0.3 is 4.90 Å². The molecule has 1 fully saturated rings. The maximum absolute atomic E-state index is 12.3. The third-order valence-corrected chi connectivity index (χ3v) is 5.40. The van der Waals surface area contributed by atoms with Crippen LogP contribution < -0.4 is 4.72 Å². The molecule has 1 heterocycles. The minimum Gasteiger partial charge on any atom is -0.343 e. The fourth-order valence-electron chi connectivity index (χ4n) is 2.55. The van der Waals surface area contributed by atoms with Gasteiger partial charge in [0.2, 0.25) is 15.9 Å². The van der Waals surface area contributed by atoms with E-state index in [1.807, 2.05) is 6.07 Å². The molecule has 7 heteroatoms. The van der Waals surface area contributed by atoms with Crippen LogP contribution in [-0.4, -0.2) is 38.9 Å². The molecule has 1 aromatic rings. The predicted molar refractivity (Wildman–Crippen MR) is 81.3 cm³/mol. The third-order valence-electron chi connectivity index (χ3n) is 3.92. The summed E-state index contributed by atoms with van der Waals surface area (Å²) < 4.78 is 27.2. The molecule has 0 atom stereocenters. The van der Waals surface area contributed by atoms with Gasteiger partial charge in [-0.05, 0) is 30.9 Å². The molecule has 0 bridgehead atoms. The van der Waals surface area contributed by atoms with Gasteiger partial charge in [0.25, 0.3) is 0 Å². The Balaban J connectivity index is 1.97. The molecule has 1 aliphatic rings. The molecule has 118 valence electrons. The highest BCUT2D eigenvalue weighted by molar-refractivity contribution is 7.89. The number of likely N-dealkylation sites (tertiary alicyclic amines) is 1. The van der Waals surface area contributed by atoms with E-state index < -0.39 is 10.0 Å². The van der Waals surface area contributed by atoms with Gasteiger partial charge in [-0.3, -0.25) is 4.79 Å². The number of benzene rings is 1. The van der Waals surface area contributed by atoms with Crippen molar-refractivity contribution >= 4 is 15.9 Å². The summed E-state index contributed by atoms with van der Waals surface area (Å²) in [5.74, 6) is 0.265. The van der Waals surface area contributed by atoms with E-state index in [2.05, 4.69) is 4.72 Å². The predicted octanol–water partition coefficient (Wildman–Crippen LogP) is 1.10. The van der Waals surface area contributed by atoms with E-state index in [0.29, 0.717) is 19.6 Å². The first-order valence-corrected chi connectivity index (χ1v) is 8.66. The summed E-state index contributed by atoms with van der Waals surface area (Å²) in [4.78, 5) is 13.0. The molecule has 0 aliphatic carbocycles. The summed E-state index contributed by atoms with van der Waals surface area (Å²) >= 11 is 0. The highest BCUT2D eigenvalue weighted by atomic mass is 32.2. The molecular weight excluding hydrogens is 302 g/mol. The number of nitrogens with one attached hydrogen (secondary N) is 1. The molecule has 0 radical (unpaired) electrons. The number of sulfonamides is 1. The van der Waals surface area contributed by atoms with Crippen LogP contribution >= 0.6 is 0 Å². The van der Waals surface area contributed by atoms with Crippen molar-refractivity contribution in [1.29, 1.82) is 5.26 Å². The largest absolute Gasteiger partial charge is 0.343 e. The smallest absolute Gasteiger partial charge is 0.241 e. The molecule has 6 nitrogen and oxygen atoms in total. The Hall–Kier alpha value is -1.91. The van der Waals surface area contributed by atoms with Crippen molar-refractivity contribution in [3.8, 4) is 6.07 Å². The SMILES string of the molecule is CC(=O)N1CCC(CNS(=O)(=O)c2ccccc2C#N)CC1. The average Bonchev–Trinajstić information content (AvgIpc) is 2.53. The summed E-state index contributed by atoms with van der Waals surface area (Å²) in [7, 11) is -3.69. The molecule has 22 heavy (non-hydrogen) atoms. The van der Waals surface area contributed by atoms with Gasteiger partial charge in [-0.15, -0.1) is 0 Å². The van der Waals surface area contributed by atoms with E-state index in [1.54, 1.807) is 24.0 Å². The minimum atomic E-state index is -3.69. The van der Waals surface area contributed by atoms with Gasteiger partial charge in [0.1, 0.15) is 6.07 Å². The fraction of sp³-hybridized carbons (Fsp3) is 0.467. The van der Waals surface area contributed by atoms with Crippen molar-refractivity contribution in [3.63, 3.8) is 0 Å². The van der Waals surface area contributed by atoms with Crippen molar-refractivity contribution in [2.45, 2.75) is 24.7 Å². The second-order valence-corrected chi connectivity index (χ2v) is 7.14. The molecule has 1 amide bonds. The van der Waals surface area contributed by atoms with Crippen LogP contribution in [0.3, 0.4) is 0 Å². The van der Waals surface area contributed by atoms with Gasteiger partial charge in [0.15, 0.2) is 0 Å². The van der Waals surface area contributed by atoms with Crippen molar-refractivity contribution < 1.29 is 13.2 Å². The molecular formula is C15H19N3O3S. The zero-order valence-corrected chi connectivity index (χ0v) is 13.3. The average molecular weight is 321 g/mol. The van der Waals surface area contributed by atoms with Crippen LogP contribution in [-0.2, 0) is 14.8 Å². The monoisotopic (exact) mass is 321 g/mol. The lowest BCUT2D eigenvalue weighted by Gasteiger charge is -2.31. The Morgan fingerprint density at radius 1 is 1.36 bits per heavy atom. The summed E-state index contributed by atoms with van der Waals surface area (Å²) in [5, 5.41) is 9.00.